The predicted octanol–water partition coefficient (Wildman–Crippen LogP) is 3.34. The Balaban J connectivity index is 1.54. The summed E-state index contributed by atoms with van der Waals surface area (Å²) in [6.45, 7) is 3.76. The fourth-order valence-electron chi connectivity index (χ4n) is 3.90. The Morgan fingerprint density at radius 1 is 1.04 bits per heavy atom. The lowest BCUT2D eigenvalue weighted by Gasteiger charge is -2.30. The van der Waals surface area contributed by atoms with Crippen LogP contribution in [0.4, 0.5) is 5.69 Å². The maximum absolute atomic E-state index is 13.3. The molecule has 0 aliphatic carbocycles. The van der Waals surface area contributed by atoms with Crippen molar-refractivity contribution in [2.24, 2.45) is 0 Å². The number of nitrogens with one attached hydrogen (secondary N) is 1. The first-order chi connectivity index (χ1) is 13.3. The van der Waals surface area contributed by atoms with Crippen LogP contribution in [-0.2, 0) is 9.53 Å². The highest BCUT2D eigenvalue weighted by molar-refractivity contribution is 6.36. The van der Waals surface area contributed by atoms with E-state index in [2.05, 4.69) is 16.0 Å². The van der Waals surface area contributed by atoms with Gasteiger partial charge in [0.15, 0.2) is 0 Å². The highest BCUT2D eigenvalue weighted by Crippen LogP contribution is 2.38. The topological polar surface area (TPSA) is 48.6 Å². The van der Waals surface area contributed by atoms with Crippen molar-refractivity contribution in [1.29, 1.82) is 0 Å². The van der Waals surface area contributed by atoms with E-state index in [-0.39, 0.29) is 5.91 Å². The molecule has 0 spiro atoms. The molecule has 1 saturated heterocycles. The van der Waals surface area contributed by atoms with Gasteiger partial charge in [0.05, 0.1) is 25.6 Å². The maximum atomic E-state index is 13.3. The van der Waals surface area contributed by atoms with Crippen LogP contribution < -0.4 is 4.90 Å². The minimum Gasteiger partial charge on any atom is -0.379 e. The van der Waals surface area contributed by atoms with Gasteiger partial charge in [-0.2, -0.15) is 0 Å². The molecule has 5 rings (SSSR count). The number of H-pyrrole nitrogens is 1. The number of hydrogen-bond donors (Lipinski definition) is 1. The molecule has 136 valence electrons. The second kappa shape index (κ2) is 6.68. The van der Waals surface area contributed by atoms with Crippen LogP contribution in [0.1, 0.15) is 11.1 Å². The molecule has 1 fully saturated rings. The minimum absolute atomic E-state index is 0.0629. The minimum atomic E-state index is 0.0629. The number of fused-ring (bicyclic) bond motifs is 2. The summed E-state index contributed by atoms with van der Waals surface area (Å²) in [4.78, 5) is 20.7. The Hall–Kier alpha value is -2.89. The van der Waals surface area contributed by atoms with Crippen LogP contribution in [0.15, 0.2) is 54.7 Å². The molecule has 3 heterocycles. The van der Waals surface area contributed by atoms with E-state index in [4.69, 9.17) is 4.74 Å². The first-order valence-electron chi connectivity index (χ1n) is 9.30. The summed E-state index contributed by atoms with van der Waals surface area (Å²) < 4.78 is 5.43. The second-order valence-electron chi connectivity index (χ2n) is 6.97. The van der Waals surface area contributed by atoms with Crippen LogP contribution >= 0.6 is 0 Å². The van der Waals surface area contributed by atoms with Crippen LogP contribution in [0, 0.1) is 0 Å². The molecule has 1 amide bonds. The van der Waals surface area contributed by atoms with E-state index in [1.807, 2.05) is 59.6 Å². The van der Waals surface area contributed by atoms with Crippen molar-refractivity contribution in [2.75, 3.05) is 37.9 Å². The molecule has 0 radical (unpaired) electrons. The van der Waals surface area contributed by atoms with Crippen LogP contribution in [0.3, 0.4) is 0 Å². The van der Waals surface area contributed by atoms with Gasteiger partial charge in [-0.3, -0.25) is 14.6 Å². The summed E-state index contributed by atoms with van der Waals surface area (Å²) in [7, 11) is 0. The molecule has 0 saturated carbocycles. The predicted molar refractivity (Wildman–Crippen MR) is 107 cm³/mol. The van der Waals surface area contributed by atoms with Crippen LogP contribution in [0.25, 0.3) is 22.6 Å². The SMILES string of the molecule is O=C1/C(=C/c2c[nH]c3ccccc23)c2ccccc2N1CN1CCOCC1. The monoisotopic (exact) mass is 359 g/mol. The lowest BCUT2D eigenvalue weighted by atomic mass is 10.0. The third kappa shape index (κ3) is 2.85. The molecule has 5 nitrogen and oxygen atoms in total. The molecule has 5 heteroatoms. The van der Waals surface area contributed by atoms with E-state index in [9.17, 15) is 4.79 Å². The van der Waals surface area contributed by atoms with E-state index >= 15 is 0 Å². The summed E-state index contributed by atoms with van der Waals surface area (Å²) in [5.41, 5.74) is 4.86. The molecule has 2 aliphatic rings. The van der Waals surface area contributed by atoms with Gasteiger partial charge in [-0.25, -0.2) is 0 Å². The van der Waals surface area contributed by atoms with E-state index < -0.39 is 0 Å². The van der Waals surface area contributed by atoms with Gasteiger partial charge >= 0.3 is 0 Å². The zero-order chi connectivity index (χ0) is 18.2. The van der Waals surface area contributed by atoms with Gasteiger partial charge in [-0.15, -0.1) is 0 Å². The number of aromatic nitrogens is 1. The molecule has 1 N–H and O–H groups in total. The van der Waals surface area contributed by atoms with Gasteiger partial charge in [0.2, 0.25) is 0 Å². The van der Waals surface area contributed by atoms with Crippen molar-refractivity contribution in [1.82, 2.24) is 9.88 Å². The number of para-hydroxylation sites is 2. The molecule has 27 heavy (non-hydrogen) atoms. The number of carbonyl (C=O) groups excluding carboxylic acids is 1. The van der Waals surface area contributed by atoms with E-state index in [1.165, 1.54) is 0 Å². The zero-order valence-corrected chi connectivity index (χ0v) is 15.0. The van der Waals surface area contributed by atoms with Crippen LogP contribution in [-0.4, -0.2) is 48.8 Å². The number of rotatable bonds is 3. The Labute approximate surface area is 157 Å². The number of ether oxygens (including phenoxy) is 1. The van der Waals surface area contributed by atoms with Gasteiger partial charge in [0.1, 0.15) is 0 Å². The van der Waals surface area contributed by atoms with E-state index in [0.717, 1.165) is 59.6 Å². The van der Waals surface area contributed by atoms with Gasteiger partial charge in [-0.1, -0.05) is 36.4 Å². The maximum Gasteiger partial charge on any atom is 0.260 e. The fraction of sp³-hybridized carbons (Fsp3) is 0.227. The number of amides is 1. The summed E-state index contributed by atoms with van der Waals surface area (Å²) in [6.07, 6.45) is 3.98. The lowest BCUT2D eigenvalue weighted by Crippen LogP contribution is -2.45. The van der Waals surface area contributed by atoms with Gasteiger partial charge in [0.25, 0.3) is 5.91 Å². The van der Waals surface area contributed by atoms with Crippen LogP contribution in [0.5, 0.6) is 0 Å². The highest BCUT2D eigenvalue weighted by atomic mass is 16.5. The number of carbonyl (C=O) groups is 1. The Morgan fingerprint density at radius 3 is 2.70 bits per heavy atom. The third-order valence-corrected chi connectivity index (χ3v) is 5.33. The number of nitrogens with zero attached hydrogens (tertiary/aromatic N) is 2. The number of anilines is 1. The largest absolute Gasteiger partial charge is 0.379 e. The molecule has 3 aromatic rings. The summed E-state index contributed by atoms with van der Waals surface area (Å²) in [5, 5.41) is 1.13. The van der Waals surface area contributed by atoms with E-state index in [1.54, 1.807) is 0 Å². The zero-order valence-electron chi connectivity index (χ0n) is 15.0. The molecule has 0 atom stereocenters. The number of morpholine rings is 1. The Kier molecular flexibility index (Phi) is 4.03. The van der Waals surface area contributed by atoms with E-state index in [0.29, 0.717) is 6.67 Å². The van der Waals surface area contributed by atoms with Crippen molar-refractivity contribution in [3.05, 3.63) is 65.9 Å². The van der Waals surface area contributed by atoms with Crippen molar-refractivity contribution in [3.63, 3.8) is 0 Å². The summed E-state index contributed by atoms with van der Waals surface area (Å²) in [6, 6.07) is 16.2. The quantitative estimate of drug-likeness (QED) is 0.730. The summed E-state index contributed by atoms with van der Waals surface area (Å²) in [5.74, 6) is 0.0629. The average molecular weight is 359 g/mol. The molecule has 2 aliphatic heterocycles. The van der Waals surface area contributed by atoms with Gasteiger partial charge in [-0.05, 0) is 18.2 Å². The molecule has 1 aromatic heterocycles. The first kappa shape index (κ1) is 16.3. The summed E-state index contributed by atoms with van der Waals surface area (Å²) >= 11 is 0. The number of aromatic amines is 1. The van der Waals surface area contributed by atoms with Crippen molar-refractivity contribution < 1.29 is 9.53 Å². The van der Waals surface area contributed by atoms with Crippen molar-refractivity contribution in [2.45, 2.75) is 0 Å². The highest BCUT2D eigenvalue weighted by Gasteiger charge is 2.33. The first-order valence-corrected chi connectivity index (χ1v) is 9.30. The van der Waals surface area contributed by atoms with Crippen molar-refractivity contribution in [3.8, 4) is 0 Å². The normalized spacial score (nSPS) is 19.2. The number of hydrogen-bond acceptors (Lipinski definition) is 3. The third-order valence-electron chi connectivity index (χ3n) is 5.33. The van der Waals surface area contributed by atoms with Gasteiger partial charge < -0.3 is 9.72 Å². The molecular weight excluding hydrogens is 338 g/mol. The standard InChI is InChI=1S/C22H21N3O2/c26-22-19(13-16-14-23-20-7-3-1-5-17(16)20)18-6-2-4-8-21(18)25(22)15-24-9-11-27-12-10-24/h1-8,13-14,23H,9-12,15H2/b19-13+. The molecule has 0 unspecified atom stereocenters. The fourth-order valence-corrected chi connectivity index (χ4v) is 3.90. The van der Waals surface area contributed by atoms with Crippen molar-refractivity contribution >= 4 is 34.1 Å². The molecule has 2 aromatic carbocycles. The molecular formula is C22H21N3O2. The second-order valence-corrected chi connectivity index (χ2v) is 6.97. The van der Waals surface area contributed by atoms with Crippen LogP contribution in [0.2, 0.25) is 0 Å². The smallest absolute Gasteiger partial charge is 0.260 e. The Bertz CT molecular complexity index is 1030. The lowest BCUT2D eigenvalue weighted by molar-refractivity contribution is -0.113. The Morgan fingerprint density at radius 2 is 1.81 bits per heavy atom. The average Bonchev–Trinajstić information content (AvgIpc) is 3.24. The van der Waals surface area contributed by atoms with Gasteiger partial charge in [0, 0.05) is 46.9 Å². The molecule has 0 bridgehead atoms. The number of benzene rings is 2.